The van der Waals surface area contributed by atoms with Crippen LogP contribution in [0.2, 0.25) is 0 Å². The van der Waals surface area contributed by atoms with Crippen LogP contribution in [0.3, 0.4) is 0 Å². The Balaban J connectivity index is 2.76. The van der Waals surface area contributed by atoms with Crippen LogP contribution in [0.4, 0.5) is 0 Å². The van der Waals surface area contributed by atoms with Gasteiger partial charge in [-0.15, -0.1) is 0 Å². The summed E-state index contributed by atoms with van der Waals surface area (Å²) in [6.07, 6.45) is -1.56. The zero-order valence-corrected chi connectivity index (χ0v) is 54.1. The van der Waals surface area contributed by atoms with E-state index < -0.39 is 181 Å². The minimum atomic E-state index is -1.82. The van der Waals surface area contributed by atoms with Gasteiger partial charge < -0.3 is 108 Å². The number of amides is 12. The van der Waals surface area contributed by atoms with Crippen LogP contribution in [-0.4, -0.2) is 210 Å². The van der Waals surface area contributed by atoms with Gasteiger partial charge >= 0.3 is 5.97 Å². The van der Waals surface area contributed by atoms with Crippen molar-refractivity contribution in [3.8, 4) is 0 Å². The van der Waals surface area contributed by atoms with Crippen LogP contribution < -0.4 is 92.5 Å². The monoisotopic (exact) mass is 1320 g/mol. The van der Waals surface area contributed by atoms with Crippen LogP contribution in [-0.2, 0) is 68.7 Å². The molecular weight excluding hydrogens is 1210 g/mol. The first kappa shape index (κ1) is 81.1. The van der Waals surface area contributed by atoms with Gasteiger partial charge in [-0.2, -0.15) is 0 Å². The van der Waals surface area contributed by atoms with E-state index in [4.69, 9.17) is 33.8 Å². The Morgan fingerprint density at radius 2 is 1.10 bits per heavy atom. The molecule has 0 spiro atoms. The molecule has 1 aromatic rings. The van der Waals surface area contributed by atoms with Gasteiger partial charge in [0.25, 0.3) is 0 Å². The Morgan fingerprint density at radius 3 is 1.65 bits per heavy atom. The Morgan fingerprint density at radius 1 is 0.570 bits per heavy atom. The van der Waals surface area contributed by atoms with Gasteiger partial charge in [-0.25, -0.2) is 0 Å². The normalized spacial score (nSPS) is 21.8. The van der Waals surface area contributed by atoms with Gasteiger partial charge in [-0.3, -0.25) is 62.3 Å². The zero-order chi connectivity index (χ0) is 69.7. The lowest BCUT2D eigenvalue weighted by Gasteiger charge is -2.29. The molecule has 0 aliphatic carbocycles. The zero-order valence-electron chi connectivity index (χ0n) is 54.1. The second kappa shape index (κ2) is 43.8. The number of unbranched alkanes of at least 4 members (excludes halogenated alkanes) is 4. The van der Waals surface area contributed by atoms with Crippen LogP contribution in [0.25, 0.3) is 0 Å². The van der Waals surface area contributed by atoms with Crippen molar-refractivity contribution in [2.24, 2.45) is 34.6 Å². The first-order chi connectivity index (χ1) is 44.1. The molecule has 25 N–H and O–H groups in total. The van der Waals surface area contributed by atoms with Crippen molar-refractivity contribution in [2.45, 2.75) is 216 Å². The van der Waals surface area contributed by atoms with Gasteiger partial charge in [-0.05, 0) is 109 Å². The number of carboxylic acid groups (broad SMARTS) is 1. The fraction of sp³-hybridized carbons (Fsp3) is 0.683. The molecule has 12 amide bonds. The van der Waals surface area contributed by atoms with Gasteiger partial charge in [0.1, 0.15) is 60.4 Å². The van der Waals surface area contributed by atoms with E-state index in [1.54, 1.807) is 44.2 Å². The molecule has 1 heterocycles. The van der Waals surface area contributed by atoms with Gasteiger partial charge in [0.15, 0.2) is 0 Å². The summed E-state index contributed by atoms with van der Waals surface area (Å²) < 4.78 is 0. The maximum absolute atomic E-state index is 14.6. The molecule has 33 heteroatoms. The van der Waals surface area contributed by atoms with E-state index in [-0.39, 0.29) is 90.0 Å². The molecule has 33 nitrogen and oxygen atoms in total. The molecule has 1 aliphatic rings. The van der Waals surface area contributed by atoms with E-state index in [1.807, 2.05) is 0 Å². The van der Waals surface area contributed by atoms with Crippen molar-refractivity contribution >= 4 is 76.9 Å². The third-order valence-corrected chi connectivity index (χ3v) is 15.0. The lowest BCUT2D eigenvalue weighted by molar-refractivity contribution is -0.137. The highest BCUT2D eigenvalue weighted by Crippen LogP contribution is 2.12. The van der Waals surface area contributed by atoms with Crippen LogP contribution >= 0.6 is 0 Å². The fourth-order valence-electron chi connectivity index (χ4n) is 9.74. The summed E-state index contributed by atoms with van der Waals surface area (Å²) in [5.74, 6) is -12.7. The molecular formula is C60H103N17O16. The van der Waals surface area contributed by atoms with Crippen molar-refractivity contribution in [2.75, 3.05) is 39.3 Å². The minimum absolute atomic E-state index is 0.0227. The summed E-state index contributed by atoms with van der Waals surface area (Å²) in [7, 11) is 0. The van der Waals surface area contributed by atoms with Crippen LogP contribution in [0.1, 0.15) is 136 Å². The third kappa shape index (κ3) is 30.6. The lowest BCUT2D eigenvalue weighted by Crippen LogP contribution is -2.62. The quantitative estimate of drug-likeness (QED) is 0.0286. The standard InChI is InChI=1S/C60H103N17O16/c1-6-7-8-9-13-16-46(80)68-38(19-25-61)55(88)77-49(35(5)79)60(93)73-41(22-28-64)52(85)71-42-24-30-67-59(92)48(34(4)78)76-56(89)43(23-29-66-50(83)37(65)17-18-47(81)82)72-51(84)39(20-26-62)70-57(90)44(31-33(2)3)74-58(91)45(32-36-14-11-10-12-15-36)75-53(86)40(21-27-63)69-54(42)87/h10-12,14-15,33-35,37-45,48-49,78-79H,6-9,13,16-32,61-65H2,1-5H3,(H,66,83)(H,67,92)(H,68,80)(H,69,87)(H,70,90)(H,71,85)(H,72,84)(H,73,93)(H,74,91)(H,75,86)(H,76,89)(H,77,88)(H,81,82)/t34-,35-,37+,38+,39+,40+,41+,42+,43+,44+,45-,48+,49+/m1/s1. The number of carboxylic acids is 1. The summed E-state index contributed by atoms with van der Waals surface area (Å²) in [6, 6.07) is -8.52. The number of aliphatic hydroxyl groups excluding tert-OH is 2. The average molecular weight is 1320 g/mol. The number of benzene rings is 1. The van der Waals surface area contributed by atoms with E-state index in [2.05, 4.69) is 70.7 Å². The number of aliphatic hydroxyl groups is 2. The highest BCUT2D eigenvalue weighted by molar-refractivity contribution is 5.99. The molecule has 0 radical (unpaired) electrons. The van der Waals surface area contributed by atoms with E-state index in [9.17, 15) is 72.5 Å². The average Bonchev–Trinajstić information content (AvgIpc) is 1.52. The number of carbonyl (C=O) groups excluding carboxylic acids is 12. The smallest absolute Gasteiger partial charge is 0.303 e. The predicted octanol–water partition coefficient (Wildman–Crippen LogP) is -6.14. The van der Waals surface area contributed by atoms with Gasteiger partial charge in [-0.1, -0.05) is 76.8 Å². The Kier molecular flexibility index (Phi) is 38.2. The van der Waals surface area contributed by atoms with Crippen molar-refractivity contribution in [3.05, 3.63) is 35.9 Å². The Hall–Kier alpha value is -7.95. The summed E-state index contributed by atoms with van der Waals surface area (Å²) >= 11 is 0. The molecule has 2 rings (SSSR count). The molecule has 0 bridgehead atoms. The summed E-state index contributed by atoms with van der Waals surface area (Å²) in [5.41, 5.74) is 30.0. The second-order valence-electron chi connectivity index (χ2n) is 23.5. The van der Waals surface area contributed by atoms with Crippen LogP contribution in [0.5, 0.6) is 0 Å². The number of hydrogen-bond acceptors (Lipinski definition) is 20. The Bertz CT molecular complexity index is 2600. The number of aliphatic carboxylic acids is 1. The number of nitrogens with two attached hydrogens (primary N) is 5. The molecule has 0 unspecified atom stereocenters. The SMILES string of the molecule is CCCCCCCC(=O)N[C@@H](CCN)C(=O)N[C@H](C(=O)N[C@@H](CCN)C(=O)N[C@H]1CCNC(=O)[C@H]([C@@H](C)O)NC(=O)[C@H](CCNC(=O)[C@@H](N)CCC(=O)O)NC(=O)[C@H](CCN)NC(=O)[C@H](CC(C)C)NC(=O)[C@@H](Cc2ccccc2)NC(=O)[C@H](CCN)NC1=O)[C@@H](C)O. The molecule has 1 aliphatic heterocycles. The first-order valence-corrected chi connectivity index (χ1v) is 31.9. The van der Waals surface area contributed by atoms with Crippen LogP contribution in [0.15, 0.2) is 30.3 Å². The van der Waals surface area contributed by atoms with Crippen molar-refractivity contribution < 1.29 is 77.6 Å². The van der Waals surface area contributed by atoms with Gasteiger partial charge in [0, 0.05) is 32.4 Å². The molecule has 1 aromatic carbocycles. The van der Waals surface area contributed by atoms with E-state index in [0.717, 1.165) is 32.6 Å². The van der Waals surface area contributed by atoms with E-state index in [0.29, 0.717) is 12.0 Å². The largest absolute Gasteiger partial charge is 0.481 e. The summed E-state index contributed by atoms with van der Waals surface area (Å²) in [6.45, 7) is 6.21. The molecule has 13 atom stereocenters. The fourth-order valence-corrected chi connectivity index (χ4v) is 9.74. The molecule has 0 saturated carbocycles. The molecule has 0 aromatic heterocycles. The molecule has 1 fully saturated rings. The second-order valence-corrected chi connectivity index (χ2v) is 23.5. The highest BCUT2D eigenvalue weighted by atomic mass is 16.4. The minimum Gasteiger partial charge on any atom is -0.481 e. The number of hydrogen-bond donors (Lipinski definition) is 20. The van der Waals surface area contributed by atoms with Crippen molar-refractivity contribution in [3.63, 3.8) is 0 Å². The molecule has 524 valence electrons. The number of nitrogens with one attached hydrogen (secondary N) is 12. The summed E-state index contributed by atoms with van der Waals surface area (Å²) in [5, 5.41) is 61.1. The number of rotatable bonds is 34. The van der Waals surface area contributed by atoms with Crippen molar-refractivity contribution in [1.29, 1.82) is 0 Å². The van der Waals surface area contributed by atoms with E-state index >= 15 is 0 Å². The first-order valence-electron chi connectivity index (χ1n) is 31.9. The van der Waals surface area contributed by atoms with Gasteiger partial charge in [0.05, 0.1) is 18.2 Å². The maximum Gasteiger partial charge on any atom is 0.303 e. The van der Waals surface area contributed by atoms with E-state index in [1.165, 1.54) is 6.92 Å². The predicted molar refractivity (Wildman–Crippen MR) is 340 cm³/mol. The van der Waals surface area contributed by atoms with Gasteiger partial charge in [0.2, 0.25) is 70.9 Å². The third-order valence-electron chi connectivity index (χ3n) is 15.0. The molecule has 93 heavy (non-hydrogen) atoms. The highest BCUT2D eigenvalue weighted by Gasteiger charge is 2.38. The number of carbonyl (C=O) groups is 13. The summed E-state index contributed by atoms with van der Waals surface area (Å²) in [4.78, 5) is 179. The maximum atomic E-state index is 14.6. The van der Waals surface area contributed by atoms with Crippen LogP contribution in [0, 0.1) is 5.92 Å². The van der Waals surface area contributed by atoms with Crippen molar-refractivity contribution in [1.82, 2.24) is 63.8 Å². The molecule has 1 saturated heterocycles. The lowest BCUT2D eigenvalue weighted by atomic mass is 10.00. The Labute approximate surface area is 542 Å². The topological polar surface area (TPSA) is 557 Å².